The second kappa shape index (κ2) is 10.5. The van der Waals surface area contributed by atoms with Crippen molar-refractivity contribution in [2.45, 2.75) is 45.2 Å². The summed E-state index contributed by atoms with van der Waals surface area (Å²) >= 11 is 0. The molecule has 0 unspecified atom stereocenters. The van der Waals surface area contributed by atoms with Gasteiger partial charge in [0, 0.05) is 13.5 Å². The largest absolute Gasteiger partial charge is 0.496 e. The molecule has 0 bridgehead atoms. The lowest BCUT2D eigenvalue weighted by Crippen LogP contribution is -2.51. The monoisotopic (exact) mass is 508 g/mol. The van der Waals surface area contributed by atoms with Crippen molar-refractivity contribution in [3.8, 4) is 17.2 Å². The molecule has 2 N–H and O–H groups in total. The Morgan fingerprint density at radius 3 is 2.46 bits per heavy atom. The zero-order valence-electron chi connectivity index (χ0n) is 20.1. The summed E-state index contributed by atoms with van der Waals surface area (Å²) in [5.41, 5.74) is 3.41. The molecule has 3 rings (SSSR count). The van der Waals surface area contributed by atoms with Gasteiger partial charge in [-0.1, -0.05) is 6.07 Å². The molecule has 11 nitrogen and oxygen atoms in total. The van der Waals surface area contributed by atoms with Crippen molar-refractivity contribution in [1.82, 2.24) is 9.79 Å². The highest BCUT2D eigenvalue weighted by Gasteiger charge is 2.39. The number of hydroxylamine groups is 1. The van der Waals surface area contributed by atoms with Gasteiger partial charge in [-0.25, -0.2) is 13.9 Å². The summed E-state index contributed by atoms with van der Waals surface area (Å²) in [4.78, 5) is 24.1. The molecule has 1 atom stereocenters. The fourth-order valence-electron chi connectivity index (χ4n) is 3.89. The molecule has 12 heteroatoms. The molecule has 190 valence electrons. The topological polar surface area (TPSA) is 141 Å². The molecule has 0 radical (unpaired) electrons. The summed E-state index contributed by atoms with van der Waals surface area (Å²) in [6.45, 7) is 5.25. The van der Waals surface area contributed by atoms with Gasteiger partial charge in [0.15, 0.2) is 11.5 Å². The number of amides is 1. The van der Waals surface area contributed by atoms with E-state index >= 15 is 0 Å². The molecule has 0 fully saturated rings. The van der Waals surface area contributed by atoms with Crippen LogP contribution in [0.1, 0.15) is 29.2 Å². The summed E-state index contributed by atoms with van der Waals surface area (Å²) < 4.78 is 50.1. The molecule has 1 aliphatic rings. The van der Waals surface area contributed by atoms with Gasteiger partial charge in [0.2, 0.25) is 16.8 Å². The van der Waals surface area contributed by atoms with Gasteiger partial charge in [-0.2, -0.15) is 4.31 Å². The standard InChI is InChI=1S/C23H28N2O9S/c1-13-8-20(31-5)14(2)15(3)22(13)35(29,30)25(18(23(27)24-28)11-32-16(4)26)10-17-6-7-19-21(9-17)34-12-33-19/h6-9,18,28H,10-12H2,1-5H3,(H,24,27)/t18-/m1/s1. The van der Waals surface area contributed by atoms with Crippen LogP contribution in [0.5, 0.6) is 17.2 Å². The van der Waals surface area contributed by atoms with Crippen molar-refractivity contribution >= 4 is 21.9 Å². The van der Waals surface area contributed by atoms with E-state index in [0.29, 0.717) is 39.5 Å². The Bertz CT molecular complexity index is 1240. The lowest BCUT2D eigenvalue weighted by atomic mass is 10.1. The van der Waals surface area contributed by atoms with Crippen LogP contribution in [0.2, 0.25) is 0 Å². The summed E-state index contributed by atoms with van der Waals surface area (Å²) in [6, 6.07) is 4.89. The summed E-state index contributed by atoms with van der Waals surface area (Å²) in [5, 5.41) is 9.36. The molecule has 0 spiro atoms. The van der Waals surface area contributed by atoms with Gasteiger partial charge in [0.1, 0.15) is 18.4 Å². The molecule has 1 aliphatic heterocycles. The average molecular weight is 509 g/mol. The van der Waals surface area contributed by atoms with Crippen LogP contribution in [0.3, 0.4) is 0 Å². The maximum Gasteiger partial charge on any atom is 0.302 e. The van der Waals surface area contributed by atoms with E-state index in [-0.39, 0.29) is 18.2 Å². The summed E-state index contributed by atoms with van der Waals surface area (Å²) in [6.07, 6.45) is 0. The Kier molecular flexibility index (Phi) is 7.88. The predicted molar refractivity (Wildman–Crippen MR) is 123 cm³/mol. The number of nitrogens with one attached hydrogen (secondary N) is 1. The lowest BCUT2D eigenvalue weighted by Gasteiger charge is -2.30. The van der Waals surface area contributed by atoms with Gasteiger partial charge in [0.05, 0.1) is 12.0 Å². The van der Waals surface area contributed by atoms with Crippen molar-refractivity contribution in [2.75, 3.05) is 20.5 Å². The van der Waals surface area contributed by atoms with Crippen molar-refractivity contribution in [3.05, 3.63) is 46.5 Å². The van der Waals surface area contributed by atoms with Crippen LogP contribution in [-0.4, -0.2) is 56.4 Å². The molecule has 0 saturated heterocycles. The number of ether oxygens (including phenoxy) is 4. The molecule has 2 aromatic rings. The average Bonchev–Trinajstić information content (AvgIpc) is 3.28. The number of benzene rings is 2. The molecular weight excluding hydrogens is 480 g/mol. The van der Waals surface area contributed by atoms with Gasteiger partial charge in [-0.15, -0.1) is 0 Å². The van der Waals surface area contributed by atoms with E-state index in [1.807, 2.05) is 0 Å². The van der Waals surface area contributed by atoms with E-state index in [0.717, 1.165) is 11.2 Å². The smallest absolute Gasteiger partial charge is 0.302 e. The minimum atomic E-state index is -4.38. The number of fused-ring (bicyclic) bond motifs is 1. The molecule has 2 aromatic carbocycles. The number of hydrogen-bond donors (Lipinski definition) is 2. The Morgan fingerprint density at radius 1 is 1.14 bits per heavy atom. The quantitative estimate of drug-likeness (QED) is 0.295. The van der Waals surface area contributed by atoms with E-state index in [1.165, 1.54) is 12.6 Å². The molecule has 0 saturated carbocycles. The lowest BCUT2D eigenvalue weighted by molar-refractivity contribution is -0.145. The number of sulfonamides is 1. The minimum Gasteiger partial charge on any atom is -0.496 e. The van der Waals surface area contributed by atoms with E-state index in [1.54, 1.807) is 45.0 Å². The van der Waals surface area contributed by atoms with Gasteiger partial charge >= 0.3 is 5.97 Å². The van der Waals surface area contributed by atoms with Crippen molar-refractivity contribution in [2.24, 2.45) is 0 Å². The third kappa shape index (κ3) is 5.34. The number of carbonyl (C=O) groups excluding carboxylic acids is 2. The van der Waals surface area contributed by atoms with Crippen LogP contribution in [0, 0.1) is 20.8 Å². The van der Waals surface area contributed by atoms with Crippen molar-refractivity contribution < 1.29 is 42.2 Å². The van der Waals surface area contributed by atoms with E-state index in [9.17, 15) is 23.2 Å². The zero-order valence-corrected chi connectivity index (χ0v) is 20.9. The molecule has 1 heterocycles. The maximum atomic E-state index is 14.1. The number of aryl methyl sites for hydroxylation is 1. The number of carbonyl (C=O) groups is 2. The highest BCUT2D eigenvalue weighted by atomic mass is 32.2. The molecule has 35 heavy (non-hydrogen) atoms. The third-order valence-corrected chi connectivity index (χ3v) is 7.89. The van der Waals surface area contributed by atoms with Gasteiger partial charge in [-0.3, -0.25) is 14.8 Å². The van der Waals surface area contributed by atoms with Crippen LogP contribution in [-0.2, 0) is 30.9 Å². The zero-order chi connectivity index (χ0) is 25.9. The highest BCUT2D eigenvalue weighted by Crippen LogP contribution is 2.36. The molecule has 1 amide bonds. The van der Waals surface area contributed by atoms with Gasteiger partial charge in [-0.05, 0) is 61.2 Å². The minimum absolute atomic E-state index is 0.0184. The van der Waals surface area contributed by atoms with Crippen LogP contribution in [0.25, 0.3) is 0 Å². The normalized spacial score (nSPS) is 13.5. The number of esters is 1. The fourth-order valence-corrected chi connectivity index (χ4v) is 5.94. The first-order chi connectivity index (χ1) is 16.5. The first-order valence-corrected chi connectivity index (χ1v) is 12.1. The van der Waals surface area contributed by atoms with Crippen LogP contribution in [0.4, 0.5) is 0 Å². The first kappa shape index (κ1) is 26.3. The maximum absolute atomic E-state index is 14.1. The van der Waals surface area contributed by atoms with Crippen LogP contribution < -0.4 is 19.7 Å². The SMILES string of the molecule is COc1cc(C)c(S(=O)(=O)N(Cc2ccc3c(c2)OCO3)[C@H](COC(C)=O)C(=O)NO)c(C)c1C. The Hall–Kier alpha value is -3.35. The molecule has 0 aromatic heterocycles. The number of nitrogens with zero attached hydrogens (tertiary/aromatic N) is 1. The number of methoxy groups -OCH3 is 1. The third-order valence-electron chi connectivity index (χ3n) is 5.75. The Labute approximate surface area is 203 Å². The van der Waals surface area contributed by atoms with Gasteiger partial charge in [0.25, 0.3) is 5.91 Å². The second-order valence-corrected chi connectivity index (χ2v) is 9.83. The Morgan fingerprint density at radius 2 is 1.83 bits per heavy atom. The van der Waals surface area contributed by atoms with Crippen molar-refractivity contribution in [3.63, 3.8) is 0 Å². The predicted octanol–water partition coefficient (Wildman–Crippen LogP) is 1.98. The van der Waals surface area contributed by atoms with Crippen LogP contribution >= 0.6 is 0 Å². The van der Waals surface area contributed by atoms with Crippen molar-refractivity contribution in [1.29, 1.82) is 0 Å². The molecule has 0 aliphatic carbocycles. The highest BCUT2D eigenvalue weighted by molar-refractivity contribution is 7.89. The summed E-state index contributed by atoms with van der Waals surface area (Å²) in [7, 11) is -2.89. The van der Waals surface area contributed by atoms with Crippen LogP contribution in [0.15, 0.2) is 29.2 Å². The van der Waals surface area contributed by atoms with E-state index in [2.05, 4.69) is 0 Å². The summed E-state index contributed by atoms with van der Waals surface area (Å²) in [5.74, 6) is -0.323. The fraction of sp³-hybridized carbons (Fsp3) is 0.391. The van der Waals surface area contributed by atoms with E-state index in [4.69, 9.17) is 18.9 Å². The first-order valence-electron chi connectivity index (χ1n) is 10.6. The Balaban J connectivity index is 2.17. The molecular formula is C23H28N2O9S. The second-order valence-electron chi connectivity index (χ2n) is 8.01. The number of rotatable bonds is 9. The van der Waals surface area contributed by atoms with E-state index < -0.39 is 34.5 Å². The van der Waals surface area contributed by atoms with Gasteiger partial charge < -0.3 is 18.9 Å². The number of hydrogen-bond acceptors (Lipinski definition) is 9.